The molecule has 2 N–H and O–H groups in total. The van der Waals surface area contributed by atoms with Crippen LogP contribution in [0.1, 0.15) is 49.0 Å². The zero-order valence-corrected chi connectivity index (χ0v) is 19.5. The van der Waals surface area contributed by atoms with E-state index in [1.54, 1.807) is 37.3 Å². The molecule has 2 aromatic rings. The first-order valence-electron chi connectivity index (χ1n) is 10.6. The number of carbonyl (C=O) groups excluding carboxylic acids is 3. The Bertz CT molecular complexity index is 927. The summed E-state index contributed by atoms with van der Waals surface area (Å²) in [6.07, 6.45) is 5.08. The minimum absolute atomic E-state index is 0.123. The molecule has 0 radical (unpaired) electrons. The highest BCUT2D eigenvalue weighted by Crippen LogP contribution is 2.17. The maximum atomic E-state index is 12.4. The van der Waals surface area contributed by atoms with Crippen LogP contribution in [0.3, 0.4) is 0 Å². The highest BCUT2D eigenvalue weighted by atomic mass is 32.2. The van der Waals surface area contributed by atoms with E-state index in [1.165, 1.54) is 11.8 Å². The van der Waals surface area contributed by atoms with Crippen LogP contribution >= 0.6 is 11.8 Å². The zero-order valence-electron chi connectivity index (χ0n) is 18.7. The average molecular weight is 455 g/mol. The van der Waals surface area contributed by atoms with Gasteiger partial charge in [-0.1, -0.05) is 37.3 Å². The summed E-state index contributed by atoms with van der Waals surface area (Å²) in [5, 5.41) is 5.67. The number of hydrogen-bond donors (Lipinski definition) is 2. The van der Waals surface area contributed by atoms with Gasteiger partial charge in [0.1, 0.15) is 0 Å². The molecule has 0 saturated heterocycles. The van der Waals surface area contributed by atoms with Gasteiger partial charge in [0.2, 0.25) is 5.91 Å². The Balaban J connectivity index is 1.86. The normalized spacial score (nSPS) is 12.0. The van der Waals surface area contributed by atoms with Gasteiger partial charge in [0, 0.05) is 23.2 Å². The van der Waals surface area contributed by atoms with Crippen molar-refractivity contribution in [2.24, 2.45) is 0 Å². The number of nitrogens with one attached hydrogen (secondary N) is 2. The highest BCUT2D eigenvalue weighted by molar-refractivity contribution is 7.99. The summed E-state index contributed by atoms with van der Waals surface area (Å²) in [5.41, 5.74) is 2.73. The van der Waals surface area contributed by atoms with Gasteiger partial charge in [0.15, 0.2) is 0 Å². The van der Waals surface area contributed by atoms with E-state index in [9.17, 15) is 14.4 Å². The molecule has 1 atom stereocenters. The van der Waals surface area contributed by atoms with Crippen LogP contribution in [0, 0.1) is 0 Å². The van der Waals surface area contributed by atoms with Crippen molar-refractivity contribution < 1.29 is 19.1 Å². The Labute approximate surface area is 193 Å². The smallest absolute Gasteiger partial charge is 0.333 e. The summed E-state index contributed by atoms with van der Waals surface area (Å²) < 4.78 is 5.06. The van der Waals surface area contributed by atoms with Gasteiger partial charge in [-0.05, 0) is 61.9 Å². The first-order chi connectivity index (χ1) is 15.5. The minimum atomic E-state index is -0.310. The third-order valence-electron chi connectivity index (χ3n) is 4.70. The fourth-order valence-corrected chi connectivity index (χ4v) is 3.53. The van der Waals surface area contributed by atoms with Crippen LogP contribution in [0.4, 0.5) is 5.69 Å². The first-order valence-corrected chi connectivity index (χ1v) is 11.9. The quantitative estimate of drug-likeness (QED) is 0.287. The Morgan fingerprint density at radius 1 is 1.03 bits per heavy atom. The second-order valence-electron chi connectivity index (χ2n) is 7.02. The van der Waals surface area contributed by atoms with E-state index in [2.05, 4.69) is 10.6 Å². The lowest BCUT2D eigenvalue weighted by Crippen LogP contribution is -2.33. The van der Waals surface area contributed by atoms with Crippen molar-refractivity contribution >= 4 is 41.3 Å². The predicted octanol–water partition coefficient (Wildman–Crippen LogP) is 4.88. The first kappa shape index (κ1) is 25.2. The summed E-state index contributed by atoms with van der Waals surface area (Å²) in [5.74, 6) is -0.583. The maximum absolute atomic E-state index is 12.4. The van der Waals surface area contributed by atoms with Crippen molar-refractivity contribution in [3.63, 3.8) is 0 Å². The lowest BCUT2D eigenvalue weighted by atomic mass is 10.1. The summed E-state index contributed by atoms with van der Waals surface area (Å²) in [4.78, 5) is 36.6. The summed E-state index contributed by atoms with van der Waals surface area (Å²) >= 11 is 1.50. The largest absolute Gasteiger partial charge is 0.463 e. The number of amides is 2. The number of ether oxygens (including phenoxy) is 1. The van der Waals surface area contributed by atoms with Crippen LogP contribution in [0.15, 0.2) is 60.2 Å². The van der Waals surface area contributed by atoms with Gasteiger partial charge in [-0.25, -0.2) is 4.79 Å². The van der Waals surface area contributed by atoms with E-state index in [0.29, 0.717) is 36.3 Å². The average Bonchev–Trinajstić information content (AvgIpc) is 2.81. The molecule has 2 amide bonds. The summed E-state index contributed by atoms with van der Waals surface area (Å²) in [6.45, 7) is 4.03. The summed E-state index contributed by atoms with van der Waals surface area (Å²) in [7, 11) is 0. The number of hydrogen-bond acceptors (Lipinski definition) is 5. The van der Waals surface area contributed by atoms with Crippen LogP contribution in [0.25, 0.3) is 6.08 Å². The fourth-order valence-electron chi connectivity index (χ4n) is 2.95. The third-order valence-corrected chi connectivity index (χ3v) is 5.62. The van der Waals surface area contributed by atoms with Gasteiger partial charge in [-0.2, -0.15) is 0 Å². The van der Waals surface area contributed by atoms with Crippen LogP contribution in [0.2, 0.25) is 0 Å². The minimum Gasteiger partial charge on any atom is -0.463 e. The molecule has 0 bridgehead atoms. The maximum Gasteiger partial charge on any atom is 0.333 e. The standard InChI is InChI=1S/C25H30N2O4S/c1-4-19(25(30)31-5-2)17-18-11-13-21(14-12-18)26-22(28)15-16-23(32-3)27-24(29)20-9-7-6-8-10-20/h6-14,17,23H,4-5,15-16H2,1-3H3,(H,26,28)(H,27,29). The number of benzene rings is 2. The number of esters is 1. The van der Waals surface area contributed by atoms with Crippen molar-refractivity contribution in [2.75, 3.05) is 18.2 Å². The monoisotopic (exact) mass is 454 g/mol. The molecule has 0 aromatic heterocycles. The predicted molar refractivity (Wildman–Crippen MR) is 130 cm³/mol. The van der Waals surface area contributed by atoms with E-state index in [0.717, 1.165) is 5.56 Å². The van der Waals surface area contributed by atoms with Crippen molar-refractivity contribution in [1.82, 2.24) is 5.32 Å². The molecule has 170 valence electrons. The van der Waals surface area contributed by atoms with E-state index >= 15 is 0 Å². The summed E-state index contributed by atoms with van der Waals surface area (Å²) in [6, 6.07) is 16.3. The van der Waals surface area contributed by atoms with Crippen molar-refractivity contribution in [2.45, 2.75) is 38.5 Å². The molecule has 7 heteroatoms. The molecule has 0 aliphatic carbocycles. The Kier molecular flexibility index (Phi) is 10.5. The van der Waals surface area contributed by atoms with Crippen molar-refractivity contribution in [3.05, 3.63) is 71.3 Å². The molecule has 1 unspecified atom stereocenters. The van der Waals surface area contributed by atoms with Gasteiger partial charge in [0.05, 0.1) is 12.0 Å². The van der Waals surface area contributed by atoms with Gasteiger partial charge in [-0.3, -0.25) is 9.59 Å². The van der Waals surface area contributed by atoms with Crippen LogP contribution in [-0.2, 0) is 14.3 Å². The zero-order chi connectivity index (χ0) is 23.3. The van der Waals surface area contributed by atoms with Crippen molar-refractivity contribution in [1.29, 1.82) is 0 Å². The van der Waals surface area contributed by atoms with Gasteiger partial charge < -0.3 is 15.4 Å². The van der Waals surface area contributed by atoms with E-state index in [4.69, 9.17) is 4.74 Å². The molecule has 0 heterocycles. The molecule has 2 rings (SSSR count). The molecular weight excluding hydrogens is 424 g/mol. The highest BCUT2D eigenvalue weighted by Gasteiger charge is 2.14. The fraction of sp³-hybridized carbons (Fsp3) is 0.320. The SMILES string of the molecule is CCOC(=O)C(=Cc1ccc(NC(=O)CCC(NC(=O)c2ccccc2)SC)cc1)CC. The topological polar surface area (TPSA) is 84.5 Å². The lowest BCUT2D eigenvalue weighted by Gasteiger charge is -2.16. The van der Waals surface area contributed by atoms with E-state index in [1.807, 2.05) is 43.5 Å². The molecule has 0 saturated carbocycles. The Morgan fingerprint density at radius 2 is 1.72 bits per heavy atom. The number of rotatable bonds is 11. The molecule has 6 nitrogen and oxygen atoms in total. The molecule has 0 aliphatic heterocycles. The van der Waals surface area contributed by atoms with Gasteiger partial charge >= 0.3 is 5.97 Å². The third kappa shape index (κ3) is 8.23. The van der Waals surface area contributed by atoms with Gasteiger partial charge in [-0.15, -0.1) is 11.8 Å². The second-order valence-corrected chi connectivity index (χ2v) is 8.06. The number of thioether (sulfide) groups is 1. The number of anilines is 1. The second kappa shape index (κ2) is 13.4. The molecule has 2 aromatic carbocycles. The lowest BCUT2D eigenvalue weighted by molar-refractivity contribution is -0.138. The number of carbonyl (C=O) groups is 3. The van der Waals surface area contributed by atoms with Crippen LogP contribution < -0.4 is 10.6 Å². The van der Waals surface area contributed by atoms with Crippen LogP contribution in [0.5, 0.6) is 0 Å². The molecule has 0 aliphatic rings. The Hall–Kier alpha value is -3.06. The van der Waals surface area contributed by atoms with Crippen molar-refractivity contribution in [3.8, 4) is 0 Å². The molecular formula is C25H30N2O4S. The van der Waals surface area contributed by atoms with E-state index in [-0.39, 0.29) is 29.6 Å². The molecule has 0 fully saturated rings. The van der Waals surface area contributed by atoms with Crippen LogP contribution in [-0.4, -0.2) is 36.0 Å². The molecule has 0 spiro atoms. The van der Waals surface area contributed by atoms with Gasteiger partial charge in [0.25, 0.3) is 5.91 Å². The van der Waals surface area contributed by atoms with E-state index < -0.39 is 0 Å². The Morgan fingerprint density at radius 3 is 2.31 bits per heavy atom. The molecule has 32 heavy (non-hydrogen) atoms.